The van der Waals surface area contributed by atoms with Gasteiger partial charge in [-0.2, -0.15) is 0 Å². The largest absolute Gasteiger partial charge is 0.0985 e. The van der Waals surface area contributed by atoms with E-state index in [0.717, 1.165) is 22.3 Å². The van der Waals surface area contributed by atoms with Crippen molar-refractivity contribution < 1.29 is 0 Å². The van der Waals surface area contributed by atoms with E-state index in [4.69, 9.17) is 0 Å². The van der Waals surface area contributed by atoms with Crippen LogP contribution in [0.25, 0.3) is 24.3 Å². The quantitative estimate of drug-likeness (QED) is 0.637. The van der Waals surface area contributed by atoms with Crippen molar-refractivity contribution in [1.82, 2.24) is 0 Å². The SMILES string of the molecule is C=Cc1cccc(C=C)c1.C=Cc1ccccc1C=C. The monoisotopic (exact) mass is 260 g/mol. The summed E-state index contributed by atoms with van der Waals surface area (Å²) in [5.41, 5.74) is 4.55. The first-order chi connectivity index (χ1) is 9.74. The fourth-order valence-electron chi connectivity index (χ4n) is 1.70. The van der Waals surface area contributed by atoms with E-state index in [1.54, 1.807) is 0 Å². The Bertz CT molecular complexity index is 553. The van der Waals surface area contributed by atoms with Crippen molar-refractivity contribution in [3.63, 3.8) is 0 Å². The third-order valence-electron chi connectivity index (χ3n) is 2.82. The predicted octanol–water partition coefficient (Wildman–Crippen LogP) is 5.95. The molecule has 0 saturated heterocycles. The maximum atomic E-state index is 3.69. The maximum Gasteiger partial charge on any atom is -0.0190 e. The zero-order chi connectivity index (χ0) is 14.8. The predicted molar refractivity (Wildman–Crippen MR) is 93.2 cm³/mol. The van der Waals surface area contributed by atoms with Crippen molar-refractivity contribution in [3.05, 3.63) is 97.1 Å². The van der Waals surface area contributed by atoms with Gasteiger partial charge >= 0.3 is 0 Å². The molecule has 2 aromatic carbocycles. The van der Waals surface area contributed by atoms with E-state index in [0.29, 0.717) is 0 Å². The number of rotatable bonds is 4. The molecule has 0 atom stereocenters. The second-order valence-corrected chi connectivity index (χ2v) is 4.12. The first-order valence-corrected chi connectivity index (χ1v) is 6.44. The number of hydrogen-bond donors (Lipinski definition) is 0. The molecule has 100 valence electrons. The molecule has 0 spiro atoms. The summed E-state index contributed by atoms with van der Waals surface area (Å²) in [6, 6.07) is 16.1. The van der Waals surface area contributed by atoms with E-state index in [1.807, 2.05) is 72.8 Å². The average molecular weight is 260 g/mol. The molecular weight excluding hydrogens is 240 g/mol. The molecular formula is C20H20. The smallest absolute Gasteiger partial charge is 0.0190 e. The molecule has 0 heteroatoms. The molecule has 0 heterocycles. The van der Waals surface area contributed by atoms with Gasteiger partial charge < -0.3 is 0 Å². The number of hydrogen-bond acceptors (Lipinski definition) is 0. The highest BCUT2D eigenvalue weighted by Gasteiger charge is 1.89. The first kappa shape index (κ1) is 15.5. The molecule has 0 saturated carbocycles. The minimum atomic E-state index is 1.14. The minimum absolute atomic E-state index is 1.14. The zero-order valence-corrected chi connectivity index (χ0v) is 11.8. The van der Waals surface area contributed by atoms with Crippen molar-refractivity contribution >= 4 is 24.3 Å². The van der Waals surface area contributed by atoms with Gasteiger partial charge in [0, 0.05) is 0 Å². The van der Waals surface area contributed by atoms with E-state index < -0.39 is 0 Å². The van der Waals surface area contributed by atoms with Crippen molar-refractivity contribution in [1.29, 1.82) is 0 Å². The van der Waals surface area contributed by atoms with Gasteiger partial charge in [0.2, 0.25) is 0 Å². The third kappa shape index (κ3) is 4.58. The summed E-state index contributed by atoms with van der Waals surface area (Å²) in [5.74, 6) is 0. The molecule has 0 fully saturated rings. The van der Waals surface area contributed by atoms with Gasteiger partial charge in [-0.3, -0.25) is 0 Å². The Labute approximate surface area is 122 Å². The Kier molecular flexibility index (Phi) is 6.56. The highest BCUT2D eigenvalue weighted by atomic mass is 13.9. The van der Waals surface area contributed by atoms with Crippen molar-refractivity contribution in [2.75, 3.05) is 0 Å². The summed E-state index contributed by atoms with van der Waals surface area (Å²) in [5, 5.41) is 0. The molecule has 0 unspecified atom stereocenters. The van der Waals surface area contributed by atoms with Gasteiger partial charge in [0.05, 0.1) is 0 Å². The molecule has 2 rings (SSSR count). The molecule has 0 nitrogen and oxygen atoms in total. The highest BCUT2D eigenvalue weighted by Crippen LogP contribution is 2.10. The normalized spacial score (nSPS) is 8.80. The second-order valence-electron chi connectivity index (χ2n) is 4.12. The fraction of sp³-hybridized carbons (Fsp3) is 0. The van der Waals surface area contributed by atoms with Crippen LogP contribution in [0.15, 0.2) is 74.8 Å². The van der Waals surface area contributed by atoms with E-state index in [9.17, 15) is 0 Å². The van der Waals surface area contributed by atoms with Crippen LogP contribution in [0.3, 0.4) is 0 Å². The van der Waals surface area contributed by atoms with Crippen LogP contribution in [0.1, 0.15) is 22.3 Å². The molecule has 2 aromatic rings. The summed E-state index contributed by atoms with van der Waals surface area (Å²) in [7, 11) is 0. The van der Waals surface area contributed by atoms with E-state index >= 15 is 0 Å². The lowest BCUT2D eigenvalue weighted by Gasteiger charge is -1.96. The van der Waals surface area contributed by atoms with Gasteiger partial charge in [0.25, 0.3) is 0 Å². The van der Waals surface area contributed by atoms with Crippen LogP contribution in [-0.4, -0.2) is 0 Å². The lowest BCUT2D eigenvalue weighted by atomic mass is 10.1. The molecule has 0 aromatic heterocycles. The minimum Gasteiger partial charge on any atom is -0.0985 e. The Balaban J connectivity index is 0.000000200. The van der Waals surface area contributed by atoms with Crippen LogP contribution >= 0.6 is 0 Å². The van der Waals surface area contributed by atoms with Gasteiger partial charge in [-0.25, -0.2) is 0 Å². The Morgan fingerprint density at radius 1 is 0.550 bits per heavy atom. The van der Waals surface area contributed by atoms with Crippen LogP contribution in [0.2, 0.25) is 0 Å². The summed E-state index contributed by atoms with van der Waals surface area (Å²) in [6.07, 6.45) is 7.31. The third-order valence-corrected chi connectivity index (χ3v) is 2.82. The van der Waals surface area contributed by atoms with E-state index in [2.05, 4.69) is 26.3 Å². The topological polar surface area (TPSA) is 0 Å². The molecule has 0 aliphatic heterocycles. The highest BCUT2D eigenvalue weighted by molar-refractivity contribution is 5.63. The van der Waals surface area contributed by atoms with Crippen LogP contribution in [0.5, 0.6) is 0 Å². The first-order valence-electron chi connectivity index (χ1n) is 6.44. The van der Waals surface area contributed by atoms with Crippen molar-refractivity contribution in [2.45, 2.75) is 0 Å². The van der Waals surface area contributed by atoms with Gasteiger partial charge in [-0.15, -0.1) is 0 Å². The standard InChI is InChI=1S/2C10H10/c1-3-9-6-5-7-10(4-2)8-9;1-3-9-7-5-6-8-10(9)4-2/h2*3-8H,1-2H2. The van der Waals surface area contributed by atoms with Crippen molar-refractivity contribution in [2.24, 2.45) is 0 Å². The lowest BCUT2D eigenvalue weighted by molar-refractivity contribution is 1.62. The average Bonchev–Trinajstić information content (AvgIpc) is 2.55. The Morgan fingerprint density at radius 3 is 1.35 bits per heavy atom. The van der Waals surface area contributed by atoms with Gasteiger partial charge in [-0.05, 0) is 28.3 Å². The molecule has 0 radical (unpaired) electrons. The summed E-state index contributed by atoms with van der Waals surface area (Å²) in [4.78, 5) is 0. The maximum absolute atomic E-state index is 3.69. The number of benzene rings is 2. The van der Waals surface area contributed by atoms with Crippen LogP contribution in [-0.2, 0) is 0 Å². The summed E-state index contributed by atoms with van der Waals surface area (Å²) >= 11 is 0. The molecule has 0 N–H and O–H groups in total. The molecule has 0 aliphatic rings. The summed E-state index contributed by atoms with van der Waals surface area (Å²) < 4.78 is 0. The zero-order valence-electron chi connectivity index (χ0n) is 11.8. The fourth-order valence-corrected chi connectivity index (χ4v) is 1.70. The molecule has 0 amide bonds. The Morgan fingerprint density at radius 2 is 1.00 bits per heavy atom. The second kappa shape index (κ2) is 8.49. The van der Waals surface area contributed by atoms with Crippen LogP contribution in [0.4, 0.5) is 0 Å². The van der Waals surface area contributed by atoms with E-state index in [1.165, 1.54) is 0 Å². The van der Waals surface area contributed by atoms with Crippen LogP contribution in [0, 0.1) is 0 Å². The van der Waals surface area contributed by atoms with Gasteiger partial charge in [0.1, 0.15) is 0 Å². The lowest BCUT2D eigenvalue weighted by Crippen LogP contribution is -1.76. The Hall–Kier alpha value is -2.60. The van der Waals surface area contributed by atoms with Crippen molar-refractivity contribution in [3.8, 4) is 0 Å². The molecule has 20 heavy (non-hydrogen) atoms. The summed E-state index contributed by atoms with van der Waals surface area (Å²) in [6.45, 7) is 14.7. The van der Waals surface area contributed by atoms with Gasteiger partial charge in [-0.1, -0.05) is 93.1 Å². The molecule has 0 bridgehead atoms. The molecule has 0 aliphatic carbocycles. The van der Waals surface area contributed by atoms with Gasteiger partial charge in [0.15, 0.2) is 0 Å². The van der Waals surface area contributed by atoms with E-state index in [-0.39, 0.29) is 0 Å². The van der Waals surface area contributed by atoms with Crippen LogP contribution < -0.4 is 0 Å².